The molecule has 0 amide bonds. The smallest absolute Gasteiger partial charge is 0.121 e. The number of hydrogen-bond acceptors (Lipinski definition) is 2. The van der Waals surface area contributed by atoms with Crippen LogP contribution < -0.4 is 10.1 Å². The molecular weight excluding hydrogens is 296 g/mol. The molecule has 0 unspecified atom stereocenters. The van der Waals surface area contributed by atoms with Crippen LogP contribution in [0.15, 0.2) is 72.8 Å². The minimum absolute atomic E-state index is 0.651. The van der Waals surface area contributed by atoms with Gasteiger partial charge in [-0.05, 0) is 23.8 Å². The lowest BCUT2D eigenvalue weighted by atomic mass is 10.1. The van der Waals surface area contributed by atoms with Crippen molar-refractivity contribution in [2.45, 2.75) is 6.54 Å². The molecule has 2 N–H and O–H groups in total. The van der Waals surface area contributed by atoms with Gasteiger partial charge >= 0.3 is 0 Å². The van der Waals surface area contributed by atoms with E-state index in [2.05, 4.69) is 64.9 Å². The van der Waals surface area contributed by atoms with Crippen LogP contribution in [0.2, 0.25) is 0 Å². The third-order valence-electron chi connectivity index (χ3n) is 4.20. The monoisotopic (exact) mass is 316 g/mol. The Kier molecular flexibility index (Phi) is 4.17. The molecule has 0 aliphatic heterocycles. The Morgan fingerprint density at radius 1 is 0.792 bits per heavy atom. The highest BCUT2D eigenvalue weighted by molar-refractivity contribution is 6.07. The van der Waals surface area contributed by atoms with Crippen LogP contribution in [0.5, 0.6) is 5.75 Å². The number of aromatic nitrogens is 1. The molecule has 0 saturated heterocycles. The van der Waals surface area contributed by atoms with Crippen LogP contribution >= 0.6 is 0 Å². The van der Waals surface area contributed by atoms with Crippen molar-refractivity contribution in [1.29, 1.82) is 0 Å². The predicted molar refractivity (Wildman–Crippen MR) is 99.4 cm³/mol. The fourth-order valence-electron chi connectivity index (χ4n) is 2.99. The maximum Gasteiger partial charge on any atom is 0.121 e. The number of hydrogen-bond donors (Lipinski definition) is 2. The van der Waals surface area contributed by atoms with Crippen LogP contribution in [0.25, 0.3) is 21.8 Å². The first kappa shape index (κ1) is 14.8. The Morgan fingerprint density at radius 3 is 2.50 bits per heavy atom. The predicted octanol–water partition coefficient (Wildman–Crippen LogP) is 4.49. The first-order valence-corrected chi connectivity index (χ1v) is 8.28. The van der Waals surface area contributed by atoms with Crippen molar-refractivity contribution < 1.29 is 4.74 Å². The number of nitrogens with one attached hydrogen (secondary N) is 2. The van der Waals surface area contributed by atoms with Crippen molar-refractivity contribution in [3.05, 3.63) is 78.4 Å². The van der Waals surface area contributed by atoms with Gasteiger partial charge in [-0.25, -0.2) is 0 Å². The van der Waals surface area contributed by atoms with Crippen molar-refractivity contribution >= 4 is 21.8 Å². The summed E-state index contributed by atoms with van der Waals surface area (Å²) < 4.78 is 5.87. The molecule has 4 rings (SSSR count). The summed E-state index contributed by atoms with van der Waals surface area (Å²) in [4.78, 5) is 3.45. The molecule has 3 nitrogen and oxygen atoms in total. The van der Waals surface area contributed by atoms with E-state index in [-0.39, 0.29) is 0 Å². The Morgan fingerprint density at radius 2 is 1.58 bits per heavy atom. The van der Waals surface area contributed by atoms with Crippen LogP contribution in [-0.4, -0.2) is 18.1 Å². The molecule has 0 atom stereocenters. The topological polar surface area (TPSA) is 37.0 Å². The van der Waals surface area contributed by atoms with Gasteiger partial charge in [-0.3, -0.25) is 0 Å². The number of H-pyrrole nitrogens is 1. The Bertz CT molecular complexity index is 944. The maximum atomic E-state index is 5.87. The van der Waals surface area contributed by atoms with Crippen molar-refractivity contribution in [3.63, 3.8) is 0 Å². The highest BCUT2D eigenvalue weighted by Crippen LogP contribution is 2.28. The summed E-state index contributed by atoms with van der Waals surface area (Å²) >= 11 is 0. The molecule has 1 aromatic heterocycles. The van der Waals surface area contributed by atoms with E-state index in [4.69, 9.17) is 4.74 Å². The summed E-state index contributed by atoms with van der Waals surface area (Å²) in [5.41, 5.74) is 3.57. The van der Waals surface area contributed by atoms with Gasteiger partial charge in [-0.1, -0.05) is 48.5 Å². The molecule has 24 heavy (non-hydrogen) atoms. The van der Waals surface area contributed by atoms with Crippen molar-refractivity contribution in [2.75, 3.05) is 13.2 Å². The van der Waals surface area contributed by atoms with Gasteiger partial charge in [0.15, 0.2) is 0 Å². The first-order chi connectivity index (χ1) is 11.9. The quantitative estimate of drug-likeness (QED) is 0.514. The van der Waals surface area contributed by atoms with Gasteiger partial charge in [0, 0.05) is 35.4 Å². The van der Waals surface area contributed by atoms with Gasteiger partial charge in [-0.15, -0.1) is 0 Å². The Hall–Kier alpha value is -2.78. The minimum atomic E-state index is 0.651. The molecule has 0 spiro atoms. The fraction of sp³-hybridized carbons (Fsp3) is 0.143. The van der Waals surface area contributed by atoms with E-state index in [0.29, 0.717) is 6.61 Å². The molecule has 120 valence electrons. The number of aromatic amines is 1. The lowest BCUT2D eigenvalue weighted by Gasteiger charge is -2.08. The van der Waals surface area contributed by atoms with Gasteiger partial charge < -0.3 is 15.0 Å². The zero-order valence-corrected chi connectivity index (χ0v) is 13.5. The van der Waals surface area contributed by atoms with Crippen molar-refractivity contribution in [1.82, 2.24) is 10.3 Å². The molecule has 0 radical (unpaired) electrons. The zero-order chi connectivity index (χ0) is 16.2. The van der Waals surface area contributed by atoms with E-state index in [9.17, 15) is 0 Å². The summed E-state index contributed by atoms with van der Waals surface area (Å²) in [7, 11) is 0. The molecule has 0 bridgehead atoms. The number of benzene rings is 3. The van der Waals surface area contributed by atoms with Crippen molar-refractivity contribution in [3.8, 4) is 5.75 Å². The first-order valence-electron chi connectivity index (χ1n) is 8.28. The van der Waals surface area contributed by atoms with Crippen LogP contribution in [0.3, 0.4) is 0 Å². The average molecular weight is 316 g/mol. The molecule has 0 fully saturated rings. The van der Waals surface area contributed by atoms with E-state index < -0.39 is 0 Å². The molecule has 3 aromatic carbocycles. The third kappa shape index (κ3) is 3.12. The average Bonchev–Trinajstić information content (AvgIpc) is 3.00. The summed E-state index contributed by atoms with van der Waals surface area (Å²) in [6, 6.07) is 25.0. The summed E-state index contributed by atoms with van der Waals surface area (Å²) in [5.74, 6) is 0.899. The lowest BCUT2D eigenvalue weighted by molar-refractivity contribution is 0.314. The maximum absolute atomic E-state index is 5.87. The number of rotatable bonds is 6. The molecule has 1 heterocycles. The minimum Gasteiger partial charge on any atom is -0.492 e. The molecular formula is C21H20N2O. The molecule has 0 aliphatic rings. The fourth-order valence-corrected chi connectivity index (χ4v) is 2.99. The SMILES string of the molecule is c1ccc(CNCCOc2ccc3c(c2)[nH]c2ccccc23)cc1. The summed E-state index contributed by atoms with van der Waals surface area (Å²) in [6.07, 6.45) is 0. The van der Waals surface area contributed by atoms with E-state index in [1.807, 2.05) is 18.2 Å². The molecule has 3 heteroatoms. The standard InChI is InChI=1S/C21H20N2O/c1-2-6-16(7-3-1)15-22-12-13-24-17-10-11-19-18-8-4-5-9-20(18)23-21(19)14-17/h1-11,14,22-23H,12-13,15H2. The van der Waals surface area contributed by atoms with Gasteiger partial charge in [0.25, 0.3) is 0 Å². The normalized spacial score (nSPS) is 11.2. The summed E-state index contributed by atoms with van der Waals surface area (Å²) in [6.45, 7) is 2.34. The number of para-hydroxylation sites is 1. The number of fused-ring (bicyclic) bond motifs is 3. The Labute approximate surface area is 141 Å². The molecule has 0 saturated carbocycles. The third-order valence-corrected chi connectivity index (χ3v) is 4.20. The molecule has 4 aromatic rings. The van der Waals surface area contributed by atoms with E-state index >= 15 is 0 Å². The van der Waals surface area contributed by atoms with Crippen LogP contribution in [0, 0.1) is 0 Å². The van der Waals surface area contributed by atoms with E-state index in [1.54, 1.807) is 0 Å². The van der Waals surface area contributed by atoms with Crippen molar-refractivity contribution in [2.24, 2.45) is 0 Å². The highest BCUT2D eigenvalue weighted by atomic mass is 16.5. The van der Waals surface area contributed by atoms with E-state index in [1.165, 1.54) is 16.3 Å². The van der Waals surface area contributed by atoms with Gasteiger partial charge in [0.2, 0.25) is 0 Å². The Balaban J connectivity index is 1.36. The van der Waals surface area contributed by atoms with Gasteiger partial charge in [0.05, 0.1) is 5.52 Å². The van der Waals surface area contributed by atoms with Crippen LogP contribution in [0.4, 0.5) is 0 Å². The van der Waals surface area contributed by atoms with E-state index in [0.717, 1.165) is 29.9 Å². The van der Waals surface area contributed by atoms with Gasteiger partial charge in [-0.2, -0.15) is 0 Å². The lowest BCUT2D eigenvalue weighted by Crippen LogP contribution is -2.20. The van der Waals surface area contributed by atoms with Crippen LogP contribution in [-0.2, 0) is 6.54 Å². The number of ether oxygens (including phenoxy) is 1. The zero-order valence-electron chi connectivity index (χ0n) is 13.5. The highest BCUT2D eigenvalue weighted by Gasteiger charge is 2.04. The van der Waals surface area contributed by atoms with Gasteiger partial charge in [0.1, 0.15) is 12.4 Å². The second-order valence-corrected chi connectivity index (χ2v) is 5.89. The van der Waals surface area contributed by atoms with Crippen LogP contribution in [0.1, 0.15) is 5.56 Å². The largest absolute Gasteiger partial charge is 0.492 e. The second kappa shape index (κ2) is 6.77. The summed E-state index contributed by atoms with van der Waals surface area (Å²) in [5, 5.41) is 5.89. The molecule has 0 aliphatic carbocycles. The second-order valence-electron chi connectivity index (χ2n) is 5.89.